The summed E-state index contributed by atoms with van der Waals surface area (Å²) in [6, 6.07) is 7.12. The van der Waals surface area contributed by atoms with Gasteiger partial charge in [-0.1, -0.05) is 23.4 Å². The van der Waals surface area contributed by atoms with E-state index in [4.69, 9.17) is 16.3 Å². The topological polar surface area (TPSA) is 60.3 Å². The SMILES string of the molecule is CN(C)C(=O)CSc1nnc(COc2ccc(Cl)cc2)n1C. The highest BCUT2D eigenvalue weighted by Crippen LogP contribution is 2.19. The number of carbonyl (C=O) groups excluding carboxylic acids is 1. The first-order valence-corrected chi connectivity index (χ1v) is 7.93. The van der Waals surface area contributed by atoms with Crippen LogP contribution in [-0.2, 0) is 18.4 Å². The summed E-state index contributed by atoms with van der Waals surface area (Å²) in [7, 11) is 5.30. The molecule has 0 unspecified atom stereocenters. The van der Waals surface area contributed by atoms with Crippen LogP contribution in [0.5, 0.6) is 5.75 Å². The Morgan fingerprint density at radius 2 is 2.00 bits per heavy atom. The van der Waals surface area contributed by atoms with E-state index in [0.717, 1.165) is 0 Å². The lowest BCUT2D eigenvalue weighted by atomic mass is 10.3. The van der Waals surface area contributed by atoms with Crippen molar-refractivity contribution < 1.29 is 9.53 Å². The maximum Gasteiger partial charge on any atom is 0.232 e. The first kappa shape index (κ1) is 16.6. The van der Waals surface area contributed by atoms with Crippen LogP contribution >= 0.6 is 23.4 Å². The van der Waals surface area contributed by atoms with Crippen molar-refractivity contribution in [2.45, 2.75) is 11.8 Å². The van der Waals surface area contributed by atoms with Gasteiger partial charge in [0.15, 0.2) is 11.0 Å². The Morgan fingerprint density at radius 1 is 1.32 bits per heavy atom. The second kappa shape index (κ2) is 7.51. The van der Waals surface area contributed by atoms with Crippen LogP contribution < -0.4 is 4.74 Å². The van der Waals surface area contributed by atoms with E-state index >= 15 is 0 Å². The highest BCUT2D eigenvalue weighted by Gasteiger charge is 2.12. The third-order valence-electron chi connectivity index (χ3n) is 2.93. The Kier molecular flexibility index (Phi) is 5.68. The Hall–Kier alpha value is -1.73. The van der Waals surface area contributed by atoms with Crippen molar-refractivity contribution in [2.24, 2.45) is 7.05 Å². The lowest BCUT2D eigenvalue weighted by Crippen LogP contribution is -2.23. The third kappa shape index (κ3) is 4.38. The molecular weight excluding hydrogens is 324 g/mol. The van der Waals surface area contributed by atoms with Crippen molar-refractivity contribution in [3.05, 3.63) is 35.1 Å². The molecule has 8 heteroatoms. The molecule has 1 aromatic heterocycles. The largest absolute Gasteiger partial charge is 0.486 e. The molecule has 0 aliphatic heterocycles. The fraction of sp³-hybridized carbons (Fsp3) is 0.357. The number of hydrogen-bond donors (Lipinski definition) is 0. The standard InChI is InChI=1S/C14H17ClN4O2S/c1-18(2)13(20)9-22-14-17-16-12(19(14)3)8-21-11-6-4-10(15)5-7-11/h4-7H,8-9H2,1-3H3. The molecule has 0 bridgehead atoms. The number of aromatic nitrogens is 3. The second-order valence-corrected chi connectivity index (χ2v) is 6.16. The number of carbonyl (C=O) groups is 1. The summed E-state index contributed by atoms with van der Waals surface area (Å²) in [4.78, 5) is 13.1. The highest BCUT2D eigenvalue weighted by molar-refractivity contribution is 7.99. The quantitative estimate of drug-likeness (QED) is 0.755. The van der Waals surface area contributed by atoms with Crippen molar-refractivity contribution in [3.8, 4) is 5.75 Å². The molecule has 1 amide bonds. The van der Waals surface area contributed by atoms with Gasteiger partial charge in [-0.05, 0) is 24.3 Å². The zero-order chi connectivity index (χ0) is 16.1. The minimum Gasteiger partial charge on any atom is -0.486 e. The molecule has 0 spiro atoms. The van der Waals surface area contributed by atoms with Gasteiger partial charge in [-0.25, -0.2) is 0 Å². The van der Waals surface area contributed by atoms with Crippen molar-refractivity contribution >= 4 is 29.3 Å². The number of halogens is 1. The average molecular weight is 341 g/mol. The van der Waals surface area contributed by atoms with E-state index in [0.29, 0.717) is 34.1 Å². The maximum atomic E-state index is 11.6. The molecule has 2 rings (SSSR count). The van der Waals surface area contributed by atoms with Gasteiger partial charge in [0.05, 0.1) is 5.75 Å². The first-order valence-electron chi connectivity index (χ1n) is 6.57. The molecule has 2 aromatic rings. The Labute approximate surface area is 138 Å². The summed E-state index contributed by atoms with van der Waals surface area (Å²) in [5, 5.41) is 9.51. The Bertz CT molecular complexity index is 643. The molecule has 0 fully saturated rings. The van der Waals surface area contributed by atoms with Crippen molar-refractivity contribution in [3.63, 3.8) is 0 Å². The first-order chi connectivity index (χ1) is 10.5. The van der Waals surface area contributed by atoms with Gasteiger partial charge in [0, 0.05) is 26.2 Å². The molecule has 22 heavy (non-hydrogen) atoms. The molecule has 0 aliphatic rings. The second-order valence-electron chi connectivity index (χ2n) is 4.78. The van der Waals surface area contributed by atoms with Gasteiger partial charge in [-0.2, -0.15) is 0 Å². The molecule has 6 nitrogen and oxygen atoms in total. The minimum absolute atomic E-state index is 0.0342. The van der Waals surface area contributed by atoms with Gasteiger partial charge in [0.2, 0.25) is 5.91 Å². The predicted molar refractivity (Wildman–Crippen MR) is 86.2 cm³/mol. The molecule has 1 aromatic carbocycles. The Balaban J connectivity index is 1.93. The predicted octanol–water partition coefficient (Wildman–Crippen LogP) is 2.23. The smallest absolute Gasteiger partial charge is 0.232 e. The summed E-state index contributed by atoms with van der Waals surface area (Å²) < 4.78 is 7.46. The normalized spacial score (nSPS) is 10.5. The number of nitrogens with zero attached hydrogens (tertiary/aromatic N) is 4. The highest BCUT2D eigenvalue weighted by atomic mass is 35.5. The number of ether oxygens (including phenoxy) is 1. The number of benzene rings is 1. The summed E-state index contributed by atoms with van der Waals surface area (Å²) >= 11 is 7.18. The molecular formula is C14H17ClN4O2S. The van der Waals surface area contributed by atoms with Gasteiger partial charge in [-0.3, -0.25) is 4.79 Å². The molecule has 0 aliphatic carbocycles. The fourth-order valence-corrected chi connectivity index (χ4v) is 2.56. The fourth-order valence-electron chi connectivity index (χ4n) is 1.53. The van der Waals surface area contributed by atoms with Gasteiger partial charge in [-0.15, -0.1) is 10.2 Å². The van der Waals surface area contributed by atoms with Gasteiger partial charge < -0.3 is 14.2 Å². The molecule has 1 heterocycles. The van der Waals surface area contributed by atoms with Crippen LogP contribution in [-0.4, -0.2) is 45.4 Å². The number of hydrogen-bond acceptors (Lipinski definition) is 5. The minimum atomic E-state index is 0.0342. The maximum absolute atomic E-state index is 11.6. The third-order valence-corrected chi connectivity index (χ3v) is 4.19. The van der Waals surface area contributed by atoms with Crippen LogP contribution in [0.15, 0.2) is 29.4 Å². The van der Waals surface area contributed by atoms with Crippen LogP contribution in [0.2, 0.25) is 5.02 Å². The molecule has 0 saturated heterocycles. The molecule has 0 N–H and O–H groups in total. The van der Waals surface area contributed by atoms with Crippen LogP contribution in [0.3, 0.4) is 0 Å². The summed E-state index contributed by atoms with van der Waals surface area (Å²) in [6.07, 6.45) is 0. The van der Waals surface area contributed by atoms with E-state index in [1.807, 2.05) is 11.6 Å². The lowest BCUT2D eigenvalue weighted by molar-refractivity contribution is -0.125. The van der Waals surface area contributed by atoms with Crippen LogP contribution in [0, 0.1) is 0 Å². The lowest BCUT2D eigenvalue weighted by Gasteiger charge is -2.09. The molecule has 0 saturated carbocycles. The van der Waals surface area contributed by atoms with Crippen LogP contribution in [0.4, 0.5) is 0 Å². The summed E-state index contributed by atoms with van der Waals surface area (Å²) in [6.45, 7) is 0.299. The average Bonchev–Trinajstić information content (AvgIpc) is 2.84. The summed E-state index contributed by atoms with van der Waals surface area (Å²) in [5.74, 6) is 1.77. The van der Waals surface area contributed by atoms with E-state index in [2.05, 4.69) is 10.2 Å². The summed E-state index contributed by atoms with van der Waals surface area (Å²) in [5.41, 5.74) is 0. The van der Waals surface area contributed by atoms with Crippen molar-refractivity contribution in [1.82, 2.24) is 19.7 Å². The molecule has 118 valence electrons. The monoisotopic (exact) mass is 340 g/mol. The van der Waals surface area contributed by atoms with Crippen LogP contribution in [0.1, 0.15) is 5.82 Å². The molecule has 0 atom stereocenters. The van der Waals surface area contributed by atoms with Gasteiger partial charge >= 0.3 is 0 Å². The van der Waals surface area contributed by atoms with Gasteiger partial charge in [0.25, 0.3) is 0 Å². The number of amides is 1. The van der Waals surface area contributed by atoms with E-state index in [-0.39, 0.29) is 5.91 Å². The van der Waals surface area contributed by atoms with Crippen molar-refractivity contribution in [1.29, 1.82) is 0 Å². The zero-order valence-corrected chi connectivity index (χ0v) is 14.2. The van der Waals surface area contributed by atoms with E-state index in [1.54, 1.807) is 43.3 Å². The van der Waals surface area contributed by atoms with Gasteiger partial charge in [0.1, 0.15) is 12.4 Å². The van der Waals surface area contributed by atoms with Crippen LogP contribution in [0.25, 0.3) is 0 Å². The Morgan fingerprint density at radius 3 is 2.64 bits per heavy atom. The van der Waals surface area contributed by atoms with E-state index in [1.165, 1.54) is 11.8 Å². The van der Waals surface area contributed by atoms with Crippen molar-refractivity contribution in [2.75, 3.05) is 19.8 Å². The van der Waals surface area contributed by atoms with E-state index in [9.17, 15) is 4.79 Å². The number of rotatable bonds is 6. The zero-order valence-electron chi connectivity index (χ0n) is 12.6. The molecule has 0 radical (unpaired) electrons. The number of thioether (sulfide) groups is 1. The van der Waals surface area contributed by atoms with E-state index < -0.39 is 0 Å².